The van der Waals surface area contributed by atoms with Crippen molar-refractivity contribution in [2.24, 2.45) is 0 Å². The van der Waals surface area contributed by atoms with Gasteiger partial charge in [-0.2, -0.15) is 0 Å². The Hall–Kier alpha value is -3.25. The molecule has 160 valence electrons. The van der Waals surface area contributed by atoms with E-state index in [1.807, 2.05) is 30.3 Å². The Labute approximate surface area is 180 Å². The Morgan fingerprint density at radius 1 is 0.968 bits per heavy atom. The second kappa shape index (κ2) is 9.71. The molecule has 0 spiro atoms. The van der Waals surface area contributed by atoms with Gasteiger partial charge in [-0.15, -0.1) is 0 Å². The third-order valence-electron chi connectivity index (χ3n) is 5.43. The SMILES string of the molecule is O=C(OC(c1cccc(F)c1)c1cccc(F)c1)N(Cc1ccccc1)[C@@H]1CCNC1. The molecular weight excluding hydrogens is 398 g/mol. The van der Waals surface area contributed by atoms with Crippen LogP contribution in [0.3, 0.4) is 0 Å². The molecule has 1 fully saturated rings. The number of nitrogens with one attached hydrogen (secondary N) is 1. The molecule has 6 heteroatoms. The van der Waals surface area contributed by atoms with Crippen molar-refractivity contribution < 1.29 is 18.3 Å². The number of rotatable bonds is 6. The molecule has 1 amide bonds. The number of hydrogen-bond acceptors (Lipinski definition) is 3. The molecule has 0 aliphatic carbocycles. The Balaban J connectivity index is 1.64. The normalized spacial score (nSPS) is 15.8. The summed E-state index contributed by atoms with van der Waals surface area (Å²) in [5.74, 6) is -0.896. The van der Waals surface area contributed by atoms with Crippen LogP contribution in [0.2, 0.25) is 0 Å². The average molecular weight is 422 g/mol. The minimum absolute atomic E-state index is 0.0200. The molecule has 1 aliphatic rings. The van der Waals surface area contributed by atoms with Crippen LogP contribution in [0, 0.1) is 11.6 Å². The van der Waals surface area contributed by atoms with E-state index in [0.29, 0.717) is 24.2 Å². The summed E-state index contributed by atoms with van der Waals surface area (Å²) in [6, 6.07) is 21.4. The fraction of sp³-hybridized carbons (Fsp3) is 0.240. The van der Waals surface area contributed by atoms with Crippen LogP contribution in [0.5, 0.6) is 0 Å². The molecule has 0 unspecified atom stereocenters. The summed E-state index contributed by atoms with van der Waals surface area (Å²) in [6.45, 7) is 1.89. The number of carbonyl (C=O) groups excluding carboxylic acids is 1. The van der Waals surface area contributed by atoms with Crippen LogP contribution in [0.15, 0.2) is 78.9 Å². The van der Waals surface area contributed by atoms with E-state index >= 15 is 0 Å². The zero-order chi connectivity index (χ0) is 21.6. The molecule has 0 bridgehead atoms. The van der Waals surface area contributed by atoms with Crippen molar-refractivity contribution >= 4 is 6.09 Å². The van der Waals surface area contributed by atoms with Gasteiger partial charge in [-0.1, -0.05) is 54.6 Å². The standard InChI is InChI=1S/C25H24F2N2O2/c26-21-10-4-8-19(14-21)24(20-9-5-11-22(27)15-20)31-25(30)29(23-12-13-28-16-23)17-18-6-2-1-3-7-18/h1-11,14-15,23-24,28H,12-13,16-17H2/t23-/m1/s1. The third kappa shape index (κ3) is 5.27. The first-order valence-corrected chi connectivity index (χ1v) is 10.3. The van der Waals surface area contributed by atoms with Crippen LogP contribution in [0.1, 0.15) is 29.2 Å². The van der Waals surface area contributed by atoms with Gasteiger partial charge in [0.05, 0.1) is 0 Å². The number of nitrogens with zero attached hydrogens (tertiary/aromatic N) is 1. The molecule has 31 heavy (non-hydrogen) atoms. The highest BCUT2D eigenvalue weighted by Crippen LogP contribution is 2.29. The maximum absolute atomic E-state index is 13.9. The van der Waals surface area contributed by atoms with Crippen molar-refractivity contribution in [3.63, 3.8) is 0 Å². The molecule has 0 aromatic heterocycles. The van der Waals surface area contributed by atoms with Gasteiger partial charge >= 0.3 is 6.09 Å². The molecule has 1 heterocycles. The lowest BCUT2D eigenvalue weighted by molar-refractivity contribution is 0.0629. The van der Waals surface area contributed by atoms with Crippen LogP contribution in [0.25, 0.3) is 0 Å². The van der Waals surface area contributed by atoms with E-state index in [-0.39, 0.29) is 6.04 Å². The summed E-state index contributed by atoms with van der Waals surface area (Å²) in [5.41, 5.74) is 1.88. The van der Waals surface area contributed by atoms with Crippen molar-refractivity contribution in [2.75, 3.05) is 13.1 Å². The van der Waals surface area contributed by atoms with Crippen LogP contribution < -0.4 is 5.32 Å². The van der Waals surface area contributed by atoms with Crippen LogP contribution >= 0.6 is 0 Å². The van der Waals surface area contributed by atoms with Gasteiger partial charge in [0.15, 0.2) is 6.10 Å². The number of benzene rings is 3. The maximum atomic E-state index is 13.9. The van der Waals surface area contributed by atoms with E-state index in [1.165, 1.54) is 24.3 Å². The van der Waals surface area contributed by atoms with Crippen molar-refractivity contribution in [1.82, 2.24) is 10.2 Å². The van der Waals surface area contributed by atoms with Crippen molar-refractivity contribution in [3.8, 4) is 0 Å². The minimum atomic E-state index is -0.925. The molecule has 1 saturated heterocycles. The largest absolute Gasteiger partial charge is 0.436 e. The Kier molecular flexibility index (Phi) is 6.57. The summed E-state index contributed by atoms with van der Waals surface area (Å²) in [6.07, 6.45) is -0.630. The van der Waals surface area contributed by atoms with E-state index in [1.54, 1.807) is 29.2 Å². The molecule has 4 nitrogen and oxygen atoms in total. The van der Waals surface area contributed by atoms with E-state index in [0.717, 1.165) is 18.5 Å². The predicted molar refractivity (Wildman–Crippen MR) is 114 cm³/mol. The summed E-state index contributed by atoms with van der Waals surface area (Å²) < 4.78 is 33.7. The third-order valence-corrected chi connectivity index (χ3v) is 5.43. The Morgan fingerprint density at radius 3 is 2.16 bits per heavy atom. The number of hydrogen-bond donors (Lipinski definition) is 1. The molecular formula is C25H24F2N2O2. The minimum Gasteiger partial charge on any atom is -0.436 e. The van der Waals surface area contributed by atoms with E-state index in [2.05, 4.69) is 5.32 Å². The molecule has 0 saturated carbocycles. The van der Waals surface area contributed by atoms with Gasteiger partial charge < -0.3 is 10.1 Å². The van der Waals surface area contributed by atoms with Gasteiger partial charge in [0.25, 0.3) is 0 Å². The molecule has 1 N–H and O–H groups in total. The molecule has 1 aliphatic heterocycles. The number of ether oxygens (including phenoxy) is 1. The number of amides is 1. The highest BCUT2D eigenvalue weighted by molar-refractivity contribution is 5.69. The number of carbonyl (C=O) groups is 1. The second-order valence-corrected chi connectivity index (χ2v) is 7.63. The molecule has 4 rings (SSSR count). The van der Waals surface area contributed by atoms with E-state index in [9.17, 15) is 13.6 Å². The molecule has 3 aromatic rings. The highest BCUT2D eigenvalue weighted by Gasteiger charge is 2.30. The zero-order valence-electron chi connectivity index (χ0n) is 17.0. The molecule has 3 aromatic carbocycles. The van der Waals surface area contributed by atoms with Gasteiger partial charge in [-0.25, -0.2) is 13.6 Å². The fourth-order valence-corrected chi connectivity index (χ4v) is 3.86. The first kappa shape index (κ1) is 21.0. The number of halogens is 2. The van der Waals surface area contributed by atoms with Gasteiger partial charge in [0.1, 0.15) is 11.6 Å². The second-order valence-electron chi connectivity index (χ2n) is 7.63. The van der Waals surface area contributed by atoms with Crippen molar-refractivity contribution in [1.29, 1.82) is 0 Å². The highest BCUT2D eigenvalue weighted by atomic mass is 19.1. The fourth-order valence-electron chi connectivity index (χ4n) is 3.86. The summed E-state index contributed by atoms with van der Waals surface area (Å²) in [5, 5.41) is 3.28. The zero-order valence-corrected chi connectivity index (χ0v) is 17.0. The Bertz CT molecular complexity index is 977. The van der Waals surface area contributed by atoms with Crippen molar-refractivity contribution in [2.45, 2.75) is 25.1 Å². The first-order valence-electron chi connectivity index (χ1n) is 10.3. The lowest BCUT2D eigenvalue weighted by Gasteiger charge is -2.30. The van der Waals surface area contributed by atoms with Gasteiger partial charge in [0, 0.05) is 19.1 Å². The molecule has 1 atom stereocenters. The summed E-state index contributed by atoms with van der Waals surface area (Å²) in [4.78, 5) is 15.0. The monoisotopic (exact) mass is 422 g/mol. The van der Waals surface area contributed by atoms with E-state index < -0.39 is 23.8 Å². The lowest BCUT2D eigenvalue weighted by Crippen LogP contribution is -2.42. The van der Waals surface area contributed by atoms with Crippen LogP contribution in [-0.2, 0) is 11.3 Å². The summed E-state index contributed by atoms with van der Waals surface area (Å²) in [7, 11) is 0. The van der Waals surface area contributed by atoms with Crippen molar-refractivity contribution in [3.05, 3.63) is 107 Å². The predicted octanol–water partition coefficient (Wildman–Crippen LogP) is 5.05. The van der Waals surface area contributed by atoms with Gasteiger partial charge in [-0.3, -0.25) is 4.90 Å². The van der Waals surface area contributed by atoms with E-state index in [4.69, 9.17) is 4.74 Å². The maximum Gasteiger partial charge on any atom is 0.411 e. The lowest BCUT2D eigenvalue weighted by atomic mass is 10.0. The smallest absolute Gasteiger partial charge is 0.411 e. The first-order chi connectivity index (χ1) is 15.1. The van der Waals surface area contributed by atoms with Crippen LogP contribution in [-0.4, -0.2) is 30.1 Å². The van der Waals surface area contributed by atoms with Gasteiger partial charge in [-0.05, 0) is 53.9 Å². The van der Waals surface area contributed by atoms with Crippen LogP contribution in [0.4, 0.5) is 13.6 Å². The Morgan fingerprint density at radius 2 is 1.61 bits per heavy atom. The van der Waals surface area contributed by atoms with Gasteiger partial charge in [0.2, 0.25) is 0 Å². The topological polar surface area (TPSA) is 41.6 Å². The summed E-state index contributed by atoms with van der Waals surface area (Å²) >= 11 is 0. The quantitative estimate of drug-likeness (QED) is 0.604. The average Bonchev–Trinajstić information content (AvgIpc) is 3.31. The molecule has 0 radical (unpaired) electrons.